The summed E-state index contributed by atoms with van der Waals surface area (Å²) in [4.78, 5) is 13.7. The molecular formula is C14H20BrFN2O. The third kappa shape index (κ3) is 4.58. The molecule has 0 aliphatic carbocycles. The van der Waals surface area contributed by atoms with Crippen LogP contribution in [0.5, 0.6) is 0 Å². The summed E-state index contributed by atoms with van der Waals surface area (Å²) in [6.07, 6.45) is 0.752. The van der Waals surface area contributed by atoms with Gasteiger partial charge in [0.15, 0.2) is 0 Å². The molecule has 0 aliphatic rings. The number of amides is 1. The van der Waals surface area contributed by atoms with E-state index in [0.29, 0.717) is 22.5 Å². The SMILES string of the molecule is CC(C)C(N)CCN(C)C(=O)c1ccc(F)c(Br)c1. The maximum absolute atomic E-state index is 13.1. The highest BCUT2D eigenvalue weighted by Gasteiger charge is 2.15. The smallest absolute Gasteiger partial charge is 0.253 e. The minimum Gasteiger partial charge on any atom is -0.342 e. The summed E-state index contributed by atoms with van der Waals surface area (Å²) in [5.41, 5.74) is 6.42. The monoisotopic (exact) mass is 330 g/mol. The molecule has 0 spiro atoms. The average Bonchev–Trinajstić information content (AvgIpc) is 2.37. The number of nitrogens with zero attached hydrogens (tertiary/aromatic N) is 1. The summed E-state index contributed by atoms with van der Waals surface area (Å²) in [5, 5.41) is 0. The number of carbonyl (C=O) groups excluding carboxylic acids is 1. The van der Waals surface area contributed by atoms with Crippen LogP contribution < -0.4 is 5.73 Å². The molecule has 0 aromatic heterocycles. The lowest BCUT2D eigenvalue weighted by Crippen LogP contribution is -2.34. The van der Waals surface area contributed by atoms with E-state index in [-0.39, 0.29) is 17.8 Å². The molecule has 3 nitrogen and oxygen atoms in total. The van der Waals surface area contributed by atoms with E-state index in [4.69, 9.17) is 5.73 Å². The van der Waals surface area contributed by atoms with E-state index >= 15 is 0 Å². The number of rotatable bonds is 5. The van der Waals surface area contributed by atoms with Gasteiger partial charge in [-0.3, -0.25) is 4.79 Å². The Morgan fingerprint density at radius 3 is 2.63 bits per heavy atom. The van der Waals surface area contributed by atoms with Crippen LogP contribution in [0.2, 0.25) is 0 Å². The molecule has 1 amide bonds. The first-order chi connectivity index (χ1) is 8.82. The standard InChI is InChI=1S/C14H20BrFN2O/c1-9(2)13(17)6-7-18(3)14(19)10-4-5-12(16)11(15)8-10/h4-5,8-9,13H,6-7,17H2,1-3H3. The minimum atomic E-state index is -0.374. The molecule has 0 heterocycles. The van der Waals surface area contributed by atoms with Gasteiger partial charge < -0.3 is 10.6 Å². The molecule has 2 N–H and O–H groups in total. The van der Waals surface area contributed by atoms with Crippen molar-refractivity contribution in [1.82, 2.24) is 4.90 Å². The maximum atomic E-state index is 13.1. The van der Waals surface area contributed by atoms with Gasteiger partial charge in [-0.1, -0.05) is 13.8 Å². The van der Waals surface area contributed by atoms with Crippen LogP contribution in [0, 0.1) is 11.7 Å². The number of benzene rings is 1. The average molecular weight is 331 g/mol. The molecule has 0 saturated heterocycles. The molecule has 19 heavy (non-hydrogen) atoms. The van der Waals surface area contributed by atoms with Crippen LogP contribution in [0.25, 0.3) is 0 Å². The molecular weight excluding hydrogens is 311 g/mol. The first-order valence-corrected chi connectivity index (χ1v) is 7.08. The first kappa shape index (κ1) is 16.1. The van der Waals surface area contributed by atoms with Crippen molar-refractivity contribution in [3.8, 4) is 0 Å². The third-order valence-corrected chi connectivity index (χ3v) is 3.78. The van der Waals surface area contributed by atoms with E-state index in [0.717, 1.165) is 6.42 Å². The van der Waals surface area contributed by atoms with E-state index in [9.17, 15) is 9.18 Å². The zero-order chi connectivity index (χ0) is 14.6. The van der Waals surface area contributed by atoms with Crippen molar-refractivity contribution in [2.24, 2.45) is 11.7 Å². The summed E-state index contributed by atoms with van der Waals surface area (Å²) in [5.74, 6) is -0.110. The fourth-order valence-corrected chi connectivity index (χ4v) is 2.01. The van der Waals surface area contributed by atoms with Crippen molar-refractivity contribution in [3.05, 3.63) is 34.1 Å². The topological polar surface area (TPSA) is 46.3 Å². The number of hydrogen-bond acceptors (Lipinski definition) is 2. The molecule has 5 heteroatoms. The highest BCUT2D eigenvalue weighted by atomic mass is 79.9. The molecule has 0 fully saturated rings. The Morgan fingerprint density at radius 2 is 2.11 bits per heavy atom. The highest BCUT2D eigenvalue weighted by Crippen LogP contribution is 2.18. The Balaban J connectivity index is 2.64. The number of halogens is 2. The Labute approximate surface area is 122 Å². The number of carbonyl (C=O) groups is 1. The van der Waals surface area contributed by atoms with Gasteiger partial charge in [-0.2, -0.15) is 0 Å². The summed E-state index contributed by atoms with van der Waals surface area (Å²) >= 11 is 3.08. The number of hydrogen-bond donors (Lipinski definition) is 1. The second kappa shape index (κ2) is 7.01. The van der Waals surface area contributed by atoms with Crippen molar-refractivity contribution in [3.63, 3.8) is 0 Å². The normalized spacial score (nSPS) is 12.6. The van der Waals surface area contributed by atoms with Crippen molar-refractivity contribution < 1.29 is 9.18 Å². The zero-order valence-corrected chi connectivity index (χ0v) is 13.1. The van der Waals surface area contributed by atoms with Crippen LogP contribution in [0.1, 0.15) is 30.6 Å². The van der Waals surface area contributed by atoms with Crippen LogP contribution in [0.4, 0.5) is 4.39 Å². The fraction of sp³-hybridized carbons (Fsp3) is 0.500. The molecule has 0 bridgehead atoms. The molecule has 0 aliphatic heterocycles. The fourth-order valence-electron chi connectivity index (χ4n) is 1.63. The van der Waals surface area contributed by atoms with Crippen LogP contribution in [-0.4, -0.2) is 30.4 Å². The van der Waals surface area contributed by atoms with Crippen LogP contribution in [0.15, 0.2) is 22.7 Å². The lowest BCUT2D eigenvalue weighted by Gasteiger charge is -2.21. The van der Waals surface area contributed by atoms with Gasteiger partial charge in [-0.15, -0.1) is 0 Å². The molecule has 106 valence electrons. The minimum absolute atomic E-state index is 0.0789. The lowest BCUT2D eigenvalue weighted by atomic mass is 10.0. The summed E-state index contributed by atoms with van der Waals surface area (Å²) < 4.78 is 13.4. The van der Waals surface area contributed by atoms with E-state index in [2.05, 4.69) is 29.8 Å². The Hall–Kier alpha value is -0.940. The molecule has 1 rings (SSSR count). The second-order valence-electron chi connectivity index (χ2n) is 5.05. The van der Waals surface area contributed by atoms with Gasteiger partial charge >= 0.3 is 0 Å². The molecule has 0 radical (unpaired) electrons. The van der Waals surface area contributed by atoms with E-state index in [1.54, 1.807) is 11.9 Å². The maximum Gasteiger partial charge on any atom is 0.253 e. The molecule has 1 unspecified atom stereocenters. The Kier molecular flexibility index (Phi) is 5.94. The molecule has 0 saturated carbocycles. The van der Waals surface area contributed by atoms with Gasteiger partial charge in [0.05, 0.1) is 4.47 Å². The largest absolute Gasteiger partial charge is 0.342 e. The predicted molar refractivity (Wildman–Crippen MR) is 78.5 cm³/mol. The molecule has 1 atom stereocenters. The van der Waals surface area contributed by atoms with Crippen LogP contribution >= 0.6 is 15.9 Å². The van der Waals surface area contributed by atoms with E-state index < -0.39 is 0 Å². The van der Waals surface area contributed by atoms with Crippen molar-refractivity contribution in [2.75, 3.05) is 13.6 Å². The summed E-state index contributed by atoms with van der Waals surface area (Å²) in [7, 11) is 1.73. The highest BCUT2D eigenvalue weighted by molar-refractivity contribution is 9.10. The van der Waals surface area contributed by atoms with Crippen LogP contribution in [-0.2, 0) is 0 Å². The van der Waals surface area contributed by atoms with Gasteiger partial charge in [0.25, 0.3) is 5.91 Å². The van der Waals surface area contributed by atoms with Gasteiger partial charge in [0, 0.05) is 25.2 Å². The van der Waals surface area contributed by atoms with E-state index in [1.165, 1.54) is 18.2 Å². The van der Waals surface area contributed by atoms with Gasteiger partial charge in [0.1, 0.15) is 5.82 Å². The second-order valence-corrected chi connectivity index (χ2v) is 5.91. The van der Waals surface area contributed by atoms with Crippen molar-refractivity contribution >= 4 is 21.8 Å². The Bertz CT molecular complexity index is 451. The number of nitrogens with two attached hydrogens (primary N) is 1. The summed E-state index contributed by atoms with van der Waals surface area (Å²) in [6, 6.07) is 4.35. The lowest BCUT2D eigenvalue weighted by molar-refractivity contribution is 0.0789. The first-order valence-electron chi connectivity index (χ1n) is 6.29. The predicted octanol–water partition coefficient (Wildman–Crippen LogP) is 3.03. The van der Waals surface area contributed by atoms with E-state index in [1.807, 2.05) is 0 Å². The van der Waals surface area contributed by atoms with Crippen molar-refractivity contribution in [2.45, 2.75) is 26.3 Å². The van der Waals surface area contributed by atoms with Crippen molar-refractivity contribution in [1.29, 1.82) is 0 Å². The zero-order valence-electron chi connectivity index (χ0n) is 11.5. The van der Waals surface area contributed by atoms with Gasteiger partial charge in [-0.05, 0) is 46.5 Å². The summed E-state index contributed by atoms with van der Waals surface area (Å²) in [6.45, 7) is 4.71. The van der Waals surface area contributed by atoms with Crippen LogP contribution in [0.3, 0.4) is 0 Å². The molecule has 1 aromatic rings. The van der Waals surface area contributed by atoms with Gasteiger partial charge in [-0.25, -0.2) is 4.39 Å². The van der Waals surface area contributed by atoms with Gasteiger partial charge in [0.2, 0.25) is 0 Å². The quantitative estimate of drug-likeness (QED) is 0.901. The Morgan fingerprint density at radius 1 is 1.47 bits per heavy atom. The third-order valence-electron chi connectivity index (χ3n) is 3.17. The molecule has 1 aromatic carbocycles.